The molecular formula is C100H134FN9O31. The number of carbonyl (C=O) groups is 9. The van der Waals surface area contributed by atoms with E-state index in [1.807, 2.05) is 48.5 Å². The zero-order valence-corrected chi connectivity index (χ0v) is 80.5. The van der Waals surface area contributed by atoms with Crippen LogP contribution in [0.2, 0.25) is 0 Å². The SMILES string of the molecule is C=Cc1ccccc1N(Cc1ccccc1CC)C(=O)CCCCC(=O)N1CCC(C(=O)NC(CNC(=O)CCOCCOCCOCCOCCOCCOCCOCCOCCOCCOCCOCCOC)C(=O)NCCC(=O)NCc2cc(COC(=O)NC3CCc4c(C)c(F)cc5nc6c(c3c45)Cn3c-6cc4c(c3=O)COC(=O)C4(O)CC)ccc2OC2OC(C(=O)O)C(O)C(O)C2O)CC1. The highest BCUT2D eigenvalue weighted by Crippen LogP contribution is 2.47. The predicted molar refractivity (Wildman–Crippen MR) is 506 cm³/mol. The van der Waals surface area contributed by atoms with Crippen LogP contribution >= 0.6 is 0 Å². The molecule has 41 heteroatoms. The zero-order valence-electron chi connectivity index (χ0n) is 80.5. The number of carboxylic acid groups (broad SMARTS) is 1. The Balaban J connectivity index is 0.640. The second-order valence-electron chi connectivity index (χ2n) is 34.3. The van der Waals surface area contributed by atoms with Gasteiger partial charge in [-0.05, 0) is 121 Å². The molecule has 4 aliphatic heterocycles. The number of nitrogens with one attached hydrogen (secondary N) is 5. The minimum absolute atomic E-state index is 0.0261. The molecule has 0 bridgehead atoms. The molecular weight excluding hydrogens is 1840 g/mol. The number of aliphatic carboxylic acids is 1. The van der Waals surface area contributed by atoms with E-state index >= 15 is 4.39 Å². The lowest BCUT2D eigenvalue weighted by Crippen LogP contribution is -2.61. The molecule has 6 aromatic rings. The number of carbonyl (C=O) groups excluding carboxylic acids is 8. The van der Waals surface area contributed by atoms with E-state index in [9.17, 15) is 73.5 Å². The van der Waals surface area contributed by atoms with E-state index < -0.39 is 120 Å². The number of aliphatic hydroxyl groups excluding tert-OH is 3. The summed E-state index contributed by atoms with van der Waals surface area (Å²) in [5, 5.41) is 68.1. The minimum Gasteiger partial charge on any atom is -0.479 e. The molecule has 1 aliphatic carbocycles. The fourth-order valence-electron chi connectivity index (χ4n) is 17.1. The summed E-state index contributed by atoms with van der Waals surface area (Å²) < 4.78 is 105. The molecule has 2 aromatic heterocycles. The second kappa shape index (κ2) is 57.4. The van der Waals surface area contributed by atoms with Crippen molar-refractivity contribution in [1.29, 1.82) is 0 Å². The molecule has 8 atom stereocenters. The molecule has 11 rings (SSSR count). The number of hydrogen-bond acceptors (Lipinski definition) is 31. The number of unbranched alkanes of at least 4 members (excludes halogenated alkanes) is 1. The zero-order chi connectivity index (χ0) is 101. The third-order valence-corrected chi connectivity index (χ3v) is 24.9. The number of aliphatic hydroxyl groups is 4. The molecule has 4 aromatic carbocycles. The molecule has 7 amide bonds. The van der Waals surface area contributed by atoms with Gasteiger partial charge in [-0.2, -0.15) is 0 Å². The van der Waals surface area contributed by atoms with E-state index in [-0.39, 0.29) is 174 Å². The summed E-state index contributed by atoms with van der Waals surface area (Å²) in [6.45, 7) is 16.9. The number of piperidine rings is 1. The lowest BCUT2D eigenvalue weighted by molar-refractivity contribution is -0.271. The molecule has 5 aliphatic rings. The number of aryl methyl sites for hydroxylation is 2. The third kappa shape index (κ3) is 31.8. The molecule has 2 fully saturated rings. The number of aromatic nitrogens is 2. The van der Waals surface area contributed by atoms with Gasteiger partial charge in [-0.3, -0.25) is 33.6 Å². The van der Waals surface area contributed by atoms with E-state index in [0.29, 0.717) is 179 Å². The number of hydrogen-bond donors (Lipinski definition) is 10. The first-order valence-corrected chi connectivity index (χ1v) is 48.1. The topological polar surface area (TPSA) is 504 Å². The number of benzene rings is 4. The number of halogens is 1. The monoisotopic (exact) mass is 1980 g/mol. The van der Waals surface area contributed by atoms with Crippen LogP contribution in [0.25, 0.3) is 28.4 Å². The van der Waals surface area contributed by atoms with Gasteiger partial charge in [0.1, 0.15) is 49.1 Å². The van der Waals surface area contributed by atoms with Crippen LogP contribution in [-0.4, -0.2) is 315 Å². The molecule has 141 heavy (non-hydrogen) atoms. The number of amides is 7. The molecule has 6 heterocycles. The number of rotatable bonds is 63. The summed E-state index contributed by atoms with van der Waals surface area (Å²) in [5.74, 6) is -6.64. The number of alkyl carbamates (subject to hydrolysis) is 1. The van der Waals surface area contributed by atoms with Crippen LogP contribution in [0.5, 0.6) is 5.75 Å². The van der Waals surface area contributed by atoms with E-state index in [2.05, 4.69) is 40.1 Å². The number of carboxylic acids is 1. The second-order valence-corrected chi connectivity index (χ2v) is 34.3. The molecule has 0 radical (unpaired) electrons. The summed E-state index contributed by atoms with van der Waals surface area (Å²) in [6, 6.07) is 20.4. The van der Waals surface area contributed by atoms with Gasteiger partial charge in [0.2, 0.25) is 41.7 Å². The predicted octanol–water partition coefficient (Wildman–Crippen LogP) is 4.89. The van der Waals surface area contributed by atoms with Crippen LogP contribution in [0.4, 0.5) is 14.9 Å². The first kappa shape index (κ1) is 110. The highest BCUT2D eigenvalue weighted by molar-refractivity contribution is 5.96. The Bertz CT molecular complexity index is 5210. The molecule has 2 saturated heterocycles. The van der Waals surface area contributed by atoms with Crippen LogP contribution in [0.3, 0.4) is 0 Å². The number of anilines is 1. The number of ether oxygens (including phenoxy) is 16. The van der Waals surface area contributed by atoms with Crippen LogP contribution in [0, 0.1) is 18.7 Å². The Hall–Kier alpha value is -10.9. The van der Waals surface area contributed by atoms with Gasteiger partial charge in [0.05, 0.1) is 199 Å². The highest BCUT2D eigenvalue weighted by atomic mass is 19.1. The van der Waals surface area contributed by atoms with E-state index in [4.69, 9.17) is 80.8 Å². The largest absolute Gasteiger partial charge is 0.479 e. The van der Waals surface area contributed by atoms with Crippen molar-refractivity contribution in [1.82, 2.24) is 41.0 Å². The number of cyclic esters (lactones) is 1. The van der Waals surface area contributed by atoms with Crippen LogP contribution in [-0.2, 0) is 161 Å². The number of nitrogens with zero attached hydrogens (tertiary/aromatic N) is 4. The molecule has 40 nitrogen and oxygen atoms in total. The van der Waals surface area contributed by atoms with Gasteiger partial charge in [-0.15, -0.1) is 0 Å². The summed E-state index contributed by atoms with van der Waals surface area (Å²) in [4.78, 5) is 146. The lowest BCUT2D eigenvalue weighted by Gasteiger charge is -2.38. The van der Waals surface area contributed by atoms with Gasteiger partial charge >= 0.3 is 18.0 Å². The number of likely N-dealkylation sites (tertiary alicyclic amines) is 1. The molecule has 10 N–H and O–H groups in total. The van der Waals surface area contributed by atoms with Gasteiger partial charge in [0, 0.05) is 99.6 Å². The maximum atomic E-state index is 15.8. The van der Waals surface area contributed by atoms with Gasteiger partial charge in [-0.1, -0.05) is 75.0 Å². The quantitative estimate of drug-likeness (QED) is 0.0179. The molecule has 0 spiro atoms. The first-order chi connectivity index (χ1) is 68.4. The number of fused-ring (bicyclic) bond motifs is 5. The van der Waals surface area contributed by atoms with Crippen molar-refractivity contribution in [3.63, 3.8) is 0 Å². The fourth-order valence-corrected chi connectivity index (χ4v) is 17.1. The average Bonchev–Trinajstić information content (AvgIpc) is 1.56. The minimum atomic E-state index is -2.13. The summed E-state index contributed by atoms with van der Waals surface area (Å²) in [7, 11) is 1.62. The van der Waals surface area contributed by atoms with Gasteiger partial charge in [-0.25, -0.2) is 23.8 Å². The average molecular weight is 1980 g/mol. The van der Waals surface area contributed by atoms with Crippen molar-refractivity contribution in [3.05, 3.63) is 163 Å². The van der Waals surface area contributed by atoms with Crippen LogP contribution in [0.1, 0.15) is 145 Å². The lowest BCUT2D eigenvalue weighted by atomic mass is 9.81. The molecule has 772 valence electrons. The Labute approximate surface area is 817 Å². The van der Waals surface area contributed by atoms with E-state index in [1.54, 1.807) is 36.8 Å². The van der Waals surface area contributed by atoms with Gasteiger partial charge in [0.15, 0.2) is 11.7 Å². The maximum absolute atomic E-state index is 15.8. The molecule has 0 saturated carbocycles. The Morgan fingerprint density at radius 3 is 1.83 bits per heavy atom. The van der Waals surface area contributed by atoms with Gasteiger partial charge in [0.25, 0.3) is 5.56 Å². The smallest absolute Gasteiger partial charge is 0.407 e. The third-order valence-electron chi connectivity index (χ3n) is 24.9. The normalized spacial score (nSPS) is 18.3. The van der Waals surface area contributed by atoms with Crippen molar-refractivity contribution < 1.29 is 149 Å². The van der Waals surface area contributed by atoms with E-state index in [0.717, 1.165) is 28.8 Å². The standard InChI is InChI=1S/C100H134FN9O31/c1-6-66-15-9-10-17-69(66)60-109(79-18-12-11-16-67(79)7-2)85(114)20-14-13-19-84(113)108-30-26-68(27-31-108)93(118)106-78(59-104-83(112)28-32-127-35-36-129-39-40-131-43-44-133-47-48-135-51-52-137-54-53-136-50-49-134-46-45-132-42-41-130-38-37-128-34-33-126-5)94(119)102-29-25-82(111)103-58-70-55-65(21-24-81(70)140-97-91(117)89(115)90(116)92(141-97)96(121)122)62-139-99(124)107-76-23-22-71-64(4)75(101)57-77-86(71)87(76)72-61-110-80(88(72)105-77)56-74-73(95(110)120)63-138-98(123)100(74,125)8-3/h7,9-12,15-18,21,24,55-57,68,76,78,89-92,97,115-117,125H,2,6,8,13-14,19-20,22-23,25-54,58-63H2,1,3-5H3,(H,102,119)(H,103,111)(H,104,112)(H,106,118)(H,107,124)(H,121,122). The number of pyridine rings is 2. The summed E-state index contributed by atoms with van der Waals surface area (Å²) >= 11 is 0. The Morgan fingerprint density at radius 2 is 1.23 bits per heavy atom. The Morgan fingerprint density at radius 1 is 0.652 bits per heavy atom. The summed E-state index contributed by atoms with van der Waals surface area (Å²) in [5.41, 5.74) is 4.49. The van der Waals surface area contributed by atoms with Gasteiger partial charge < -0.3 is 142 Å². The van der Waals surface area contributed by atoms with Crippen molar-refractivity contribution in [2.24, 2.45) is 5.92 Å². The molecule has 8 unspecified atom stereocenters. The van der Waals surface area contributed by atoms with Crippen LogP contribution < -0.4 is 41.8 Å². The van der Waals surface area contributed by atoms with Crippen LogP contribution in [0.15, 0.2) is 90.2 Å². The number of methoxy groups -OCH3 is 1. The van der Waals surface area contributed by atoms with Crippen molar-refractivity contribution >= 4 is 76.1 Å². The fraction of sp³-hybridized carbons (Fsp3) is 0.570. The summed E-state index contributed by atoms with van der Waals surface area (Å²) in [6.07, 6.45) is -6.87. The highest BCUT2D eigenvalue weighted by Gasteiger charge is 2.50. The van der Waals surface area contributed by atoms with Crippen molar-refractivity contribution in [3.8, 4) is 17.1 Å². The van der Waals surface area contributed by atoms with Crippen molar-refractivity contribution in [2.75, 3.05) is 190 Å². The Kier molecular flexibility index (Phi) is 44.9. The van der Waals surface area contributed by atoms with Crippen molar-refractivity contribution in [2.45, 2.75) is 179 Å². The number of esters is 1. The first-order valence-electron chi connectivity index (χ1n) is 48.1. The maximum Gasteiger partial charge on any atom is 0.407 e. The van der Waals surface area contributed by atoms with E-state index in [1.165, 1.54) is 34.9 Å². The number of para-hydroxylation sites is 1.